The zero-order chi connectivity index (χ0) is 11.4. The highest BCUT2D eigenvalue weighted by Crippen LogP contribution is 2.12. The molecule has 4 nitrogen and oxygen atoms in total. The molecule has 15 heavy (non-hydrogen) atoms. The highest BCUT2D eigenvalue weighted by molar-refractivity contribution is 5.96. The van der Waals surface area contributed by atoms with Crippen molar-refractivity contribution in [1.82, 2.24) is 0 Å². The van der Waals surface area contributed by atoms with Gasteiger partial charge in [0, 0.05) is 26.7 Å². The molecule has 0 aliphatic heterocycles. The Morgan fingerprint density at radius 2 is 1.67 bits per heavy atom. The summed E-state index contributed by atoms with van der Waals surface area (Å²) in [6.07, 6.45) is 0. The van der Waals surface area contributed by atoms with E-state index in [0.717, 1.165) is 5.69 Å². The number of hydrogen-bond donors (Lipinski definition) is 0. The van der Waals surface area contributed by atoms with Crippen LogP contribution in [-0.2, 0) is 9.53 Å². The molecule has 1 aromatic carbocycles. The highest BCUT2D eigenvalue weighted by atomic mass is 16.6. The number of anilines is 1. The summed E-state index contributed by atoms with van der Waals surface area (Å²) >= 11 is 0. The van der Waals surface area contributed by atoms with Gasteiger partial charge in [-0.1, -0.05) is 0 Å². The summed E-state index contributed by atoms with van der Waals surface area (Å²) in [7, 11) is 3.81. The molecule has 0 amide bonds. The van der Waals surface area contributed by atoms with Crippen molar-refractivity contribution < 1.29 is 14.3 Å². The molecule has 1 rings (SSSR count). The Morgan fingerprint density at radius 1 is 1.13 bits per heavy atom. The molecular weight excluding hydrogens is 194 g/mol. The maximum atomic E-state index is 11.3. The minimum Gasteiger partial charge on any atom is -0.390 e. The van der Waals surface area contributed by atoms with E-state index in [2.05, 4.69) is 4.74 Å². The molecule has 0 spiro atoms. The number of ether oxygens (including phenoxy) is 1. The van der Waals surface area contributed by atoms with Gasteiger partial charge < -0.3 is 9.64 Å². The van der Waals surface area contributed by atoms with E-state index in [0.29, 0.717) is 5.56 Å². The zero-order valence-electron chi connectivity index (χ0n) is 8.98. The Hall–Kier alpha value is -1.84. The zero-order valence-corrected chi connectivity index (χ0v) is 8.98. The number of carbonyl (C=O) groups excluding carboxylic acids is 2. The molecule has 80 valence electrons. The van der Waals surface area contributed by atoms with Crippen LogP contribution < -0.4 is 4.90 Å². The van der Waals surface area contributed by atoms with Crippen LogP contribution in [0.5, 0.6) is 0 Å². The van der Waals surface area contributed by atoms with Crippen LogP contribution in [0, 0.1) is 0 Å². The summed E-state index contributed by atoms with van der Waals surface area (Å²) in [5, 5.41) is 0. The summed E-state index contributed by atoms with van der Waals surface area (Å²) < 4.78 is 4.45. The Bertz CT molecular complexity index is 368. The fourth-order valence-corrected chi connectivity index (χ4v) is 1.09. The van der Waals surface area contributed by atoms with Crippen molar-refractivity contribution >= 4 is 17.6 Å². The molecule has 1 aromatic rings. The molecule has 0 N–H and O–H groups in total. The number of benzene rings is 1. The van der Waals surface area contributed by atoms with E-state index in [-0.39, 0.29) is 0 Å². The second-order valence-corrected chi connectivity index (χ2v) is 3.32. The van der Waals surface area contributed by atoms with Crippen LogP contribution in [0.4, 0.5) is 5.69 Å². The van der Waals surface area contributed by atoms with E-state index < -0.39 is 11.9 Å². The molecule has 0 bridgehead atoms. The third-order valence-corrected chi connectivity index (χ3v) is 1.86. The lowest BCUT2D eigenvalue weighted by Crippen LogP contribution is -2.11. The minimum atomic E-state index is -0.618. The van der Waals surface area contributed by atoms with Gasteiger partial charge in [0.15, 0.2) is 0 Å². The molecule has 0 unspecified atom stereocenters. The average molecular weight is 207 g/mol. The van der Waals surface area contributed by atoms with E-state index in [9.17, 15) is 9.59 Å². The first-order valence-electron chi connectivity index (χ1n) is 4.51. The lowest BCUT2D eigenvalue weighted by atomic mass is 10.2. The lowest BCUT2D eigenvalue weighted by Gasteiger charge is -2.12. The maximum Gasteiger partial charge on any atom is 0.345 e. The molecule has 0 radical (unpaired) electrons. The van der Waals surface area contributed by atoms with Gasteiger partial charge in [-0.3, -0.25) is 4.79 Å². The number of nitrogens with zero attached hydrogens (tertiary/aromatic N) is 1. The van der Waals surface area contributed by atoms with E-state index in [1.54, 1.807) is 24.3 Å². The summed E-state index contributed by atoms with van der Waals surface area (Å²) in [5.74, 6) is -1.22. The van der Waals surface area contributed by atoms with Gasteiger partial charge in [-0.05, 0) is 24.3 Å². The van der Waals surface area contributed by atoms with Crippen LogP contribution in [0.15, 0.2) is 24.3 Å². The smallest absolute Gasteiger partial charge is 0.345 e. The first-order chi connectivity index (χ1) is 7.00. The van der Waals surface area contributed by atoms with Crippen molar-refractivity contribution in [3.8, 4) is 0 Å². The van der Waals surface area contributed by atoms with Crippen molar-refractivity contribution in [2.24, 2.45) is 0 Å². The van der Waals surface area contributed by atoms with Crippen LogP contribution in [0.25, 0.3) is 0 Å². The van der Waals surface area contributed by atoms with Gasteiger partial charge in [0.25, 0.3) is 0 Å². The van der Waals surface area contributed by atoms with E-state index >= 15 is 0 Å². The molecular formula is C11H13NO3. The average Bonchev–Trinajstić information content (AvgIpc) is 2.17. The van der Waals surface area contributed by atoms with Crippen LogP contribution in [0.2, 0.25) is 0 Å². The molecule has 0 aliphatic carbocycles. The fourth-order valence-electron chi connectivity index (χ4n) is 1.09. The lowest BCUT2D eigenvalue weighted by molar-refractivity contribution is -0.135. The first kappa shape index (κ1) is 11.2. The van der Waals surface area contributed by atoms with Crippen molar-refractivity contribution in [3.63, 3.8) is 0 Å². The molecule has 0 saturated carbocycles. The Kier molecular flexibility index (Phi) is 3.44. The first-order valence-corrected chi connectivity index (χ1v) is 4.51. The van der Waals surface area contributed by atoms with E-state index in [1.807, 2.05) is 19.0 Å². The Labute approximate surface area is 88.5 Å². The summed E-state index contributed by atoms with van der Waals surface area (Å²) in [6.45, 7) is 1.20. The number of esters is 2. The highest BCUT2D eigenvalue weighted by Gasteiger charge is 2.09. The second-order valence-electron chi connectivity index (χ2n) is 3.32. The number of carbonyl (C=O) groups is 2. The Morgan fingerprint density at radius 3 is 2.07 bits per heavy atom. The van der Waals surface area contributed by atoms with Gasteiger partial charge in [0.1, 0.15) is 0 Å². The van der Waals surface area contributed by atoms with E-state index in [4.69, 9.17) is 0 Å². The third-order valence-electron chi connectivity index (χ3n) is 1.86. The van der Waals surface area contributed by atoms with E-state index in [1.165, 1.54) is 6.92 Å². The SMILES string of the molecule is CC(=O)OC(=O)c1ccc(N(C)C)cc1. The van der Waals surface area contributed by atoms with Crippen LogP contribution in [0.1, 0.15) is 17.3 Å². The molecule has 0 atom stereocenters. The van der Waals surface area contributed by atoms with Gasteiger partial charge in [-0.2, -0.15) is 0 Å². The quantitative estimate of drug-likeness (QED) is 0.544. The minimum absolute atomic E-state index is 0.371. The van der Waals surface area contributed by atoms with Crippen LogP contribution in [-0.4, -0.2) is 26.0 Å². The number of rotatable bonds is 2. The standard InChI is InChI=1S/C11H13NO3/c1-8(13)15-11(14)9-4-6-10(7-5-9)12(2)3/h4-7H,1-3H3. The van der Waals surface area contributed by atoms with Gasteiger partial charge in [-0.15, -0.1) is 0 Å². The van der Waals surface area contributed by atoms with Gasteiger partial charge in [-0.25, -0.2) is 4.79 Å². The molecule has 0 aromatic heterocycles. The van der Waals surface area contributed by atoms with Gasteiger partial charge >= 0.3 is 11.9 Å². The van der Waals surface area contributed by atoms with Crippen molar-refractivity contribution in [2.75, 3.05) is 19.0 Å². The second kappa shape index (κ2) is 4.59. The third kappa shape index (κ3) is 3.09. The molecule has 4 heteroatoms. The predicted octanol–water partition coefficient (Wildman–Crippen LogP) is 1.46. The predicted molar refractivity (Wildman–Crippen MR) is 56.9 cm³/mol. The van der Waals surface area contributed by atoms with Crippen molar-refractivity contribution in [2.45, 2.75) is 6.92 Å². The largest absolute Gasteiger partial charge is 0.390 e. The normalized spacial score (nSPS) is 9.53. The monoisotopic (exact) mass is 207 g/mol. The van der Waals surface area contributed by atoms with Gasteiger partial charge in [0.05, 0.1) is 5.56 Å². The summed E-state index contributed by atoms with van der Waals surface area (Å²) in [5.41, 5.74) is 1.35. The number of hydrogen-bond acceptors (Lipinski definition) is 4. The van der Waals surface area contributed by atoms with Crippen molar-refractivity contribution in [1.29, 1.82) is 0 Å². The summed E-state index contributed by atoms with van der Waals surface area (Å²) in [4.78, 5) is 23.7. The maximum absolute atomic E-state index is 11.3. The molecule has 0 aliphatic rings. The fraction of sp³-hybridized carbons (Fsp3) is 0.273. The van der Waals surface area contributed by atoms with Gasteiger partial charge in [0.2, 0.25) is 0 Å². The molecule has 0 heterocycles. The molecule has 0 saturated heterocycles. The topological polar surface area (TPSA) is 46.6 Å². The summed E-state index contributed by atoms with van der Waals surface area (Å²) in [6, 6.07) is 6.83. The van der Waals surface area contributed by atoms with Crippen LogP contribution >= 0.6 is 0 Å². The Balaban J connectivity index is 2.80. The molecule has 0 fully saturated rings. The van der Waals surface area contributed by atoms with Crippen LogP contribution in [0.3, 0.4) is 0 Å². The van der Waals surface area contributed by atoms with Crippen molar-refractivity contribution in [3.05, 3.63) is 29.8 Å².